The van der Waals surface area contributed by atoms with Crippen LogP contribution in [0.25, 0.3) is 0 Å². The van der Waals surface area contributed by atoms with Gasteiger partial charge in [-0.3, -0.25) is 0 Å². The Morgan fingerprint density at radius 2 is 2.29 bits per heavy atom. The summed E-state index contributed by atoms with van der Waals surface area (Å²) in [4.78, 5) is 5.47. The zero-order chi connectivity index (χ0) is 12.3. The molecule has 0 atom stereocenters. The lowest BCUT2D eigenvalue weighted by Crippen LogP contribution is -1.97. The summed E-state index contributed by atoms with van der Waals surface area (Å²) in [6.45, 7) is 2.54. The molecule has 0 saturated carbocycles. The maximum atomic E-state index is 5.99. The molecule has 2 N–H and O–H groups in total. The molecule has 0 spiro atoms. The van der Waals surface area contributed by atoms with Crippen LogP contribution in [0.1, 0.15) is 18.3 Å². The van der Waals surface area contributed by atoms with Gasteiger partial charge in [-0.1, -0.05) is 36.4 Å². The number of rotatable bonds is 4. The van der Waals surface area contributed by atoms with Crippen molar-refractivity contribution in [2.75, 3.05) is 0 Å². The summed E-state index contributed by atoms with van der Waals surface area (Å²) in [5, 5.41) is 0.713. The van der Waals surface area contributed by atoms with E-state index < -0.39 is 0 Å². The number of hydrogen-bond acceptors (Lipinski definition) is 5. The molecule has 1 heterocycles. The standard InChI is InChI=1S/C11H12ClN3S2/c1-2-10-14-11(17-15-10)16-9-5-8(12)4-3-7(9)6-13/h3-5H,2,6,13H2,1H3. The number of aryl methyl sites for hydroxylation is 1. The number of nitrogens with zero attached hydrogens (tertiary/aromatic N) is 2. The van der Waals surface area contributed by atoms with Crippen molar-refractivity contribution < 1.29 is 0 Å². The number of hydrogen-bond donors (Lipinski definition) is 1. The average Bonchev–Trinajstić information content (AvgIpc) is 2.77. The molecule has 0 unspecified atom stereocenters. The molecule has 2 rings (SSSR count). The maximum Gasteiger partial charge on any atom is 0.174 e. The molecule has 0 aliphatic carbocycles. The molecule has 0 radical (unpaired) electrons. The summed E-state index contributed by atoms with van der Waals surface area (Å²) >= 11 is 8.97. The Morgan fingerprint density at radius 3 is 2.94 bits per heavy atom. The van der Waals surface area contributed by atoms with Gasteiger partial charge >= 0.3 is 0 Å². The highest BCUT2D eigenvalue weighted by atomic mass is 35.5. The zero-order valence-corrected chi connectivity index (χ0v) is 11.7. The lowest BCUT2D eigenvalue weighted by atomic mass is 10.2. The Morgan fingerprint density at radius 1 is 1.47 bits per heavy atom. The molecule has 0 aliphatic heterocycles. The van der Waals surface area contributed by atoms with Crippen LogP contribution in [-0.2, 0) is 13.0 Å². The number of benzene rings is 1. The molecular formula is C11H12ClN3S2. The van der Waals surface area contributed by atoms with Crippen molar-refractivity contribution in [1.29, 1.82) is 0 Å². The third kappa shape index (κ3) is 3.19. The molecule has 0 bridgehead atoms. The van der Waals surface area contributed by atoms with Crippen LogP contribution in [0.4, 0.5) is 0 Å². The summed E-state index contributed by atoms with van der Waals surface area (Å²) < 4.78 is 5.18. The molecule has 90 valence electrons. The van der Waals surface area contributed by atoms with Crippen molar-refractivity contribution >= 4 is 34.9 Å². The summed E-state index contributed by atoms with van der Waals surface area (Å²) in [5.41, 5.74) is 6.77. The highest BCUT2D eigenvalue weighted by Crippen LogP contribution is 2.33. The van der Waals surface area contributed by atoms with Crippen molar-refractivity contribution in [3.8, 4) is 0 Å². The van der Waals surface area contributed by atoms with E-state index in [1.807, 2.05) is 25.1 Å². The molecule has 0 aliphatic rings. The second-order valence-electron chi connectivity index (χ2n) is 3.39. The second-order valence-corrected chi connectivity index (χ2v) is 5.87. The van der Waals surface area contributed by atoms with Gasteiger partial charge in [0.1, 0.15) is 5.82 Å². The topological polar surface area (TPSA) is 51.8 Å². The van der Waals surface area contributed by atoms with Gasteiger partial charge in [0.05, 0.1) is 0 Å². The molecule has 1 aromatic heterocycles. The van der Waals surface area contributed by atoms with Crippen molar-refractivity contribution in [3.05, 3.63) is 34.6 Å². The van der Waals surface area contributed by atoms with Crippen LogP contribution in [0.3, 0.4) is 0 Å². The van der Waals surface area contributed by atoms with E-state index in [1.165, 1.54) is 11.5 Å². The second kappa shape index (κ2) is 5.82. The SMILES string of the molecule is CCc1nsc(Sc2cc(Cl)ccc2CN)n1. The minimum atomic E-state index is 0.499. The molecule has 2 aromatic rings. The summed E-state index contributed by atoms with van der Waals surface area (Å²) in [6.07, 6.45) is 0.857. The largest absolute Gasteiger partial charge is 0.326 e. The normalized spacial score (nSPS) is 10.8. The van der Waals surface area contributed by atoms with Crippen LogP contribution < -0.4 is 5.73 Å². The monoisotopic (exact) mass is 285 g/mol. The fraction of sp³-hybridized carbons (Fsp3) is 0.273. The lowest BCUT2D eigenvalue weighted by molar-refractivity contribution is 0.970. The van der Waals surface area contributed by atoms with Crippen molar-refractivity contribution in [3.63, 3.8) is 0 Å². The van der Waals surface area contributed by atoms with Crippen LogP contribution in [-0.4, -0.2) is 9.36 Å². The van der Waals surface area contributed by atoms with Gasteiger partial charge in [0.25, 0.3) is 0 Å². The minimum Gasteiger partial charge on any atom is -0.326 e. The summed E-state index contributed by atoms with van der Waals surface area (Å²) in [6, 6.07) is 5.72. The van der Waals surface area contributed by atoms with Gasteiger partial charge in [-0.2, -0.15) is 4.37 Å². The van der Waals surface area contributed by atoms with Crippen LogP contribution in [0, 0.1) is 0 Å². The van der Waals surface area contributed by atoms with E-state index in [-0.39, 0.29) is 0 Å². The van der Waals surface area contributed by atoms with Gasteiger partial charge in [-0.25, -0.2) is 4.98 Å². The van der Waals surface area contributed by atoms with Gasteiger partial charge in [-0.15, -0.1) is 0 Å². The number of nitrogens with two attached hydrogens (primary N) is 1. The third-order valence-electron chi connectivity index (χ3n) is 2.21. The van der Waals surface area contributed by atoms with E-state index in [0.29, 0.717) is 11.6 Å². The quantitative estimate of drug-likeness (QED) is 0.936. The minimum absolute atomic E-state index is 0.499. The summed E-state index contributed by atoms with van der Waals surface area (Å²) in [5.74, 6) is 0.883. The van der Waals surface area contributed by atoms with Gasteiger partial charge in [-0.05, 0) is 29.2 Å². The predicted molar refractivity (Wildman–Crippen MR) is 72.8 cm³/mol. The molecule has 0 fully saturated rings. The molecular weight excluding hydrogens is 274 g/mol. The first-order valence-electron chi connectivity index (χ1n) is 5.22. The van der Waals surface area contributed by atoms with Gasteiger partial charge in [0.2, 0.25) is 0 Å². The van der Waals surface area contributed by atoms with E-state index in [0.717, 1.165) is 27.0 Å². The van der Waals surface area contributed by atoms with Crippen molar-refractivity contribution in [2.45, 2.75) is 29.1 Å². The molecule has 6 heteroatoms. The third-order valence-corrected chi connectivity index (χ3v) is 4.34. The molecule has 3 nitrogen and oxygen atoms in total. The highest BCUT2D eigenvalue weighted by Gasteiger charge is 2.08. The van der Waals surface area contributed by atoms with E-state index in [2.05, 4.69) is 9.36 Å². The number of halogens is 1. The zero-order valence-electron chi connectivity index (χ0n) is 9.31. The van der Waals surface area contributed by atoms with Crippen LogP contribution in [0.5, 0.6) is 0 Å². The van der Waals surface area contributed by atoms with E-state index in [9.17, 15) is 0 Å². The van der Waals surface area contributed by atoms with Crippen LogP contribution in [0.15, 0.2) is 27.4 Å². The average molecular weight is 286 g/mol. The Balaban J connectivity index is 2.25. The Labute approximate surface area is 114 Å². The molecule has 1 aromatic carbocycles. The van der Waals surface area contributed by atoms with Crippen LogP contribution in [0.2, 0.25) is 5.02 Å². The Hall–Kier alpha value is -0.620. The highest BCUT2D eigenvalue weighted by molar-refractivity contribution is 8.01. The summed E-state index contributed by atoms with van der Waals surface area (Å²) in [7, 11) is 0. The van der Waals surface area contributed by atoms with Gasteiger partial charge < -0.3 is 5.73 Å². The predicted octanol–water partition coefficient (Wildman–Crippen LogP) is 3.36. The van der Waals surface area contributed by atoms with E-state index in [4.69, 9.17) is 17.3 Å². The molecule has 0 amide bonds. The first-order chi connectivity index (χ1) is 8.22. The first-order valence-corrected chi connectivity index (χ1v) is 7.18. The van der Waals surface area contributed by atoms with Crippen molar-refractivity contribution in [2.24, 2.45) is 5.73 Å². The fourth-order valence-corrected chi connectivity index (χ4v) is 3.38. The van der Waals surface area contributed by atoms with E-state index in [1.54, 1.807) is 11.8 Å². The smallest absolute Gasteiger partial charge is 0.174 e. The van der Waals surface area contributed by atoms with Gasteiger partial charge in [0, 0.05) is 22.9 Å². The van der Waals surface area contributed by atoms with Crippen molar-refractivity contribution in [1.82, 2.24) is 9.36 Å². The van der Waals surface area contributed by atoms with E-state index >= 15 is 0 Å². The Kier molecular flexibility index (Phi) is 4.39. The molecule has 17 heavy (non-hydrogen) atoms. The number of aromatic nitrogens is 2. The fourth-order valence-electron chi connectivity index (χ4n) is 1.31. The maximum absolute atomic E-state index is 5.99. The molecule has 0 saturated heterocycles. The lowest BCUT2D eigenvalue weighted by Gasteiger charge is -2.05. The first kappa shape index (κ1) is 12.8. The van der Waals surface area contributed by atoms with Crippen LogP contribution >= 0.6 is 34.9 Å². The van der Waals surface area contributed by atoms with Gasteiger partial charge in [0.15, 0.2) is 4.34 Å². The Bertz CT molecular complexity index is 513.